The molecular weight excluding hydrogens is 462 g/mol. The van der Waals surface area contributed by atoms with Gasteiger partial charge in [-0.15, -0.1) is 0 Å². The Morgan fingerprint density at radius 3 is 2.63 bits per heavy atom. The molecule has 1 atom stereocenters. The quantitative estimate of drug-likeness (QED) is 0.364. The van der Waals surface area contributed by atoms with Crippen LogP contribution < -0.4 is 21.3 Å². The largest absolute Gasteiger partial charge is 0.473 e. The summed E-state index contributed by atoms with van der Waals surface area (Å²) in [6, 6.07) is 14.7. The van der Waals surface area contributed by atoms with E-state index in [1.807, 2.05) is 67.8 Å². The van der Waals surface area contributed by atoms with Crippen molar-refractivity contribution in [2.24, 2.45) is 0 Å². The van der Waals surface area contributed by atoms with Crippen molar-refractivity contribution in [2.75, 3.05) is 18.2 Å². The van der Waals surface area contributed by atoms with Gasteiger partial charge in [0.05, 0.1) is 41.0 Å². The lowest BCUT2D eigenvalue weighted by molar-refractivity contribution is 0.412. The molecule has 0 spiro atoms. The highest BCUT2D eigenvalue weighted by Gasteiger charge is 2.21. The van der Waals surface area contributed by atoms with Gasteiger partial charge in [0.1, 0.15) is 11.6 Å². The van der Waals surface area contributed by atoms with Gasteiger partial charge >= 0.3 is 0 Å². The molecule has 0 fully saturated rings. The predicted molar refractivity (Wildman–Crippen MR) is 138 cm³/mol. The van der Waals surface area contributed by atoms with Crippen LogP contribution in [0.1, 0.15) is 24.4 Å². The first-order valence-corrected chi connectivity index (χ1v) is 11.8. The van der Waals surface area contributed by atoms with Crippen LogP contribution in [0.3, 0.4) is 0 Å². The van der Waals surface area contributed by atoms with Crippen LogP contribution in [0.15, 0.2) is 64.9 Å². The summed E-state index contributed by atoms with van der Waals surface area (Å²) in [5, 5.41) is 6.36. The lowest BCUT2D eigenvalue weighted by Gasteiger charge is -2.21. The Morgan fingerprint density at radius 2 is 1.89 bits per heavy atom. The number of methoxy groups -OCH3 is 1. The van der Waals surface area contributed by atoms with Crippen LogP contribution in [0.2, 0.25) is 0 Å². The van der Waals surface area contributed by atoms with Crippen LogP contribution in [0, 0.1) is 6.92 Å². The van der Waals surface area contributed by atoms with Crippen LogP contribution >= 0.6 is 11.3 Å². The number of aromatic nitrogens is 5. The van der Waals surface area contributed by atoms with Gasteiger partial charge in [-0.05, 0) is 37.6 Å². The number of ether oxygens (including phenoxy) is 1. The number of rotatable bonds is 6. The van der Waals surface area contributed by atoms with Crippen molar-refractivity contribution in [1.29, 1.82) is 0 Å². The second-order valence-corrected chi connectivity index (χ2v) is 8.80. The Hall–Kier alpha value is -4.31. The first-order valence-electron chi connectivity index (χ1n) is 10.9. The van der Waals surface area contributed by atoms with Crippen LogP contribution in [0.5, 0.6) is 5.19 Å². The van der Waals surface area contributed by atoms with Crippen molar-refractivity contribution >= 4 is 34.0 Å². The SMILES string of the molecule is COc1nc(-c2cnc(N)nc2NC(C)c2nc3cccc(C)c3c(=O)n2-c2ccccc2)cs1. The van der Waals surface area contributed by atoms with Crippen molar-refractivity contribution in [2.45, 2.75) is 19.9 Å². The van der Waals surface area contributed by atoms with E-state index in [1.54, 1.807) is 17.9 Å². The van der Waals surface area contributed by atoms with Gasteiger partial charge in [0.15, 0.2) is 0 Å². The lowest BCUT2D eigenvalue weighted by atomic mass is 10.1. The molecule has 10 heteroatoms. The normalized spacial score (nSPS) is 12.0. The van der Waals surface area contributed by atoms with E-state index in [1.165, 1.54) is 11.3 Å². The van der Waals surface area contributed by atoms with Crippen LogP contribution in [0.25, 0.3) is 27.8 Å². The second-order valence-electron chi connectivity index (χ2n) is 7.97. The monoisotopic (exact) mass is 485 g/mol. The standard InChI is InChI=1S/C25H23N7O2S/c1-14-8-7-11-18-20(14)23(33)32(16-9-5-4-6-10-16)22(29-18)15(2)28-21-17(12-27-24(26)31-21)19-13-35-25(30-19)34-3/h4-13,15H,1-3H3,(H3,26,27,28,31). The molecule has 0 bridgehead atoms. The zero-order chi connectivity index (χ0) is 24.5. The molecule has 0 saturated heterocycles. The number of benzene rings is 2. The highest BCUT2D eigenvalue weighted by molar-refractivity contribution is 7.11. The fraction of sp³-hybridized carbons (Fsp3) is 0.160. The number of anilines is 2. The predicted octanol–water partition coefficient (Wildman–Crippen LogP) is 4.37. The number of hydrogen-bond acceptors (Lipinski definition) is 9. The van der Waals surface area contributed by atoms with Gasteiger partial charge in [0.25, 0.3) is 10.8 Å². The Labute approximate surface area is 205 Å². The third kappa shape index (κ3) is 4.19. The van der Waals surface area contributed by atoms with Gasteiger partial charge in [-0.1, -0.05) is 41.7 Å². The van der Waals surface area contributed by atoms with Crippen LogP contribution in [0.4, 0.5) is 11.8 Å². The van der Waals surface area contributed by atoms with Crippen molar-refractivity contribution in [3.8, 4) is 22.1 Å². The molecule has 0 saturated carbocycles. The number of hydrogen-bond donors (Lipinski definition) is 2. The zero-order valence-corrected chi connectivity index (χ0v) is 20.2. The van der Waals surface area contributed by atoms with Crippen molar-refractivity contribution in [3.63, 3.8) is 0 Å². The van der Waals surface area contributed by atoms with Gasteiger partial charge in [-0.3, -0.25) is 9.36 Å². The molecule has 176 valence electrons. The topological polar surface area (TPSA) is 121 Å². The summed E-state index contributed by atoms with van der Waals surface area (Å²) in [5.41, 5.74) is 9.34. The highest BCUT2D eigenvalue weighted by Crippen LogP contribution is 2.32. The first kappa shape index (κ1) is 22.5. The van der Waals surface area contributed by atoms with E-state index >= 15 is 0 Å². The third-order valence-electron chi connectivity index (χ3n) is 5.63. The number of fused-ring (bicyclic) bond motifs is 1. The summed E-state index contributed by atoms with van der Waals surface area (Å²) < 4.78 is 6.87. The van der Waals surface area contributed by atoms with E-state index in [-0.39, 0.29) is 11.5 Å². The Morgan fingerprint density at radius 1 is 1.09 bits per heavy atom. The summed E-state index contributed by atoms with van der Waals surface area (Å²) in [6.45, 7) is 3.84. The molecule has 35 heavy (non-hydrogen) atoms. The van der Waals surface area contributed by atoms with E-state index in [0.29, 0.717) is 39.0 Å². The number of thiazole rings is 1. The second kappa shape index (κ2) is 9.15. The first-order chi connectivity index (χ1) is 17.0. The van der Waals surface area contributed by atoms with Gasteiger partial charge in [-0.2, -0.15) is 4.98 Å². The maximum Gasteiger partial charge on any atom is 0.273 e. The molecule has 5 rings (SSSR count). The Kier molecular flexibility index (Phi) is 5.87. The Balaban J connectivity index is 1.65. The summed E-state index contributed by atoms with van der Waals surface area (Å²) in [5.74, 6) is 1.14. The number of nitrogens with one attached hydrogen (secondary N) is 1. The maximum absolute atomic E-state index is 13.7. The summed E-state index contributed by atoms with van der Waals surface area (Å²) in [6.07, 6.45) is 1.62. The molecule has 5 aromatic rings. The van der Waals surface area contributed by atoms with E-state index in [2.05, 4.69) is 20.3 Å². The van der Waals surface area contributed by atoms with E-state index in [0.717, 1.165) is 11.3 Å². The van der Waals surface area contributed by atoms with Crippen molar-refractivity contribution in [1.82, 2.24) is 24.5 Å². The molecule has 0 aliphatic heterocycles. The van der Waals surface area contributed by atoms with Gasteiger partial charge in [-0.25, -0.2) is 15.0 Å². The van der Waals surface area contributed by atoms with Crippen LogP contribution in [-0.4, -0.2) is 31.6 Å². The summed E-state index contributed by atoms with van der Waals surface area (Å²) in [7, 11) is 1.57. The van der Waals surface area contributed by atoms with Crippen molar-refractivity contribution < 1.29 is 4.74 Å². The van der Waals surface area contributed by atoms with E-state index in [4.69, 9.17) is 15.5 Å². The molecule has 3 heterocycles. The summed E-state index contributed by atoms with van der Waals surface area (Å²) >= 11 is 1.37. The average Bonchev–Trinajstić information content (AvgIpc) is 3.33. The molecule has 0 aliphatic carbocycles. The maximum atomic E-state index is 13.7. The van der Waals surface area contributed by atoms with Gasteiger partial charge in [0, 0.05) is 11.6 Å². The summed E-state index contributed by atoms with van der Waals surface area (Å²) in [4.78, 5) is 31.7. The smallest absolute Gasteiger partial charge is 0.273 e. The number of para-hydroxylation sites is 1. The molecule has 0 radical (unpaired) electrons. The number of nitrogens with zero attached hydrogens (tertiary/aromatic N) is 5. The fourth-order valence-electron chi connectivity index (χ4n) is 3.97. The molecule has 2 aromatic carbocycles. The molecule has 3 N–H and O–H groups in total. The number of nitrogens with two attached hydrogens (primary N) is 1. The molecule has 0 aliphatic rings. The van der Waals surface area contributed by atoms with Gasteiger partial charge < -0.3 is 15.8 Å². The fourth-order valence-corrected chi connectivity index (χ4v) is 4.61. The molecule has 1 unspecified atom stereocenters. The minimum atomic E-state index is -0.415. The third-order valence-corrected chi connectivity index (χ3v) is 6.43. The van der Waals surface area contributed by atoms with Gasteiger partial charge in [0.2, 0.25) is 5.95 Å². The van der Waals surface area contributed by atoms with E-state index < -0.39 is 6.04 Å². The molecule has 0 amide bonds. The lowest BCUT2D eigenvalue weighted by Crippen LogP contribution is -2.28. The van der Waals surface area contributed by atoms with Crippen molar-refractivity contribution in [3.05, 3.63) is 81.8 Å². The van der Waals surface area contributed by atoms with Crippen LogP contribution in [-0.2, 0) is 0 Å². The van der Waals surface area contributed by atoms with E-state index in [9.17, 15) is 4.79 Å². The molecular formula is C25H23N7O2S. The number of aryl methyl sites for hydroxylation is 1. The molecule has 3 aromatic heterocycles. The number of nitrogen functional groups attached to an aromatic ring is 1. The molecule has 9 nitrogen and oxygen atoms in total. The Bertz CT molecular complexity index is 1580. The zero-order valence-electron chi connectivity index (χ0n) is 19.4. The minimum Gasteiger partial charge on any atom is -0.473 e. The highest BCUT2D eigenvalue weighted by atomic mass is 32.1. The minimum absolute atomic E-state index is 0.119. The average molecular weight is 486 g/mol.